The standard InChI is InChI=1S/C12H18N2O2S/c1-11(2)7-14(5-4-12(11,3)16)10(15)9-6-17-8-13-9/h6,8,16H,4-5,7H2,1-3H3/t12-/m0/s1. The van der Waals surface area contributed by atoms with Gasteiger partial charge in [0.25, 0.3) is 5.91 Å². The molecule has 94 valence electrons. The molecule has 0 unspecified atom stereocenters. The smallest absolute Gasteiger partial charge is 0.273 e. The summed E-state index contributed by atoms with van der Waals surface area (Å²) in [6, 6.07) is 0. The molecule has 5 heteroatoms. The number of thiazole rings is 1. The second-order valence-electron chi connectivity index (χ2n) is 5.51. The first-order valence-electron chi connectivity index (χ1n) is 5.73. The Kier molecular flexibility index (Phi) is 2.99. The lowest BCUT2D eigenvalue weighted by atomic mass is 9.71. The minimum Gasteiger partial charge on any atom is -0.389 e. The highest BCUT2D eigenvalue weighted by atomic mass is 32.1. The largest absolute Gasteiger partial charge is 0.389 e. The van der Waals surface area contributed by atoms with Gasteiger partial charge in [0.1, 0.15) is 5.69 Å². The SMILES string of the molecule is CC1(C)CN(C(=O)c2cscn2)CC[C@]1(C)O. The fourth-order valence-electron chi connectivity index (χ4n) is 2.07. The van der Waals surface area contributed by atoms with Gasteiger partial charge in [0, 0.05) is 23.9 Å². The summed E-state index contributed by atoms with van der Waals surface area (Å²) < 4.78 is 0. The molecule has 2 heterocycles. The van der Waals surface area contributed by atoms with Crippen LogP contribution in [-0.2, 0) is 0 Å². The molecule has 0 aromatic carbocycles. The zero-order valence-corrected chi connectivity index (χ0v) is 11.3. The Morgan fingerprint density at radius 1 is 1.53 bits per heavy atom. The maximum absolute atomic E-state index is 12.1. The van der Waals surface area contributed by atoms with Gasteiger partial charge in [-0.05, 0) is 13.3 Å². The molecule has 0 aliphatic carbocycles. The van der Waals surface area contributed by atoms with Crippen LogP contribution >= 0.6 is 11.3 Å². The van der Waals surface area contributed by atoms with Crippen molar-refractivity contribution >= 4 is 17.2 Å². The molecule has 1 atom stereocenters. The highest BCUT2D eigenvalue weighted by Crippen LogP contribution is 2.38. The van der Waals surface area contributed by atoms with Crippen molar-refractivity contribution in [3.05, 3.63) is 16.6 Å². The third kappa shape index (κ3) is 2.21. The third-order valence-electron chi connectivity index (χ3n) is 3.85. The van der Waals surface area contributed by atoms with E-state index >= 15 is 0 Å². The molecule has 1 N–H and O–H groups in total. The molecule has 17 heavy (non-hydrogen) atoms. The van der Waals surface area contributed by atoms with Gasteiger partial charge in [-0.2, -0.15) is 0 Å². The highest BCUT2D eigenvalue weighted by Gasteiger charge is 2.45. The maximum Gasteiger partial charge on any atom is 0.273 e. The van der Waals surface area contributed by atoms with E-state index in [9.17, 15) is 9.90 Å². The minimum absolute atomic E-state index is 0.0326. The molecule has 1 aromatic rings. The molecule has 1 aliphatic heterocycles. The Bertz CT molecular complexity index is 412. The summed E-state index contributed by atoms with van der Waals surface area (Å²) in [5, 5.41) is 12.0. The van der Waals surface area contributed by atoms with Gasteiger partial charge >= 0.3 is 0 Å². The van der Waals surface area contributed by atoms with Crippen LogP contribution in [0.3, 0.4) is 0 Å². The third-order valence-corrected chi connectivity index (χ3v) is 4.44. The van der Waals surface area contributed by atoms with Gasteiger partial charge in [-0.1, -0.05) is 13.8 Å². The van der Waals surface area contributed by atoms with Crippen LogP contribution in [0.1, 0.15) is 37.7 Å². The zero-order valence-electron chi connectivity index (χ0n) is 10.4. The van der Waals surface area contributed by atoms with Crippen LogP contribution in [0.4, 0.5) is 0 Å². The highest BCUT2D eigenvalue weighted by molar-refractivity contribution is 7.07. The van der Waals surface area contributed by atoms with Gasteiger partial charge in [-0.25, -0.2) is 4.98 Å². The van der Waals surface area contributed by atoms with E-state index in [0.717, 1.165) is 0 Å². The van der Waals surface area contributed by atoms with Gasteiger partial charge in [-0.15, -0.1) is 11.3 Å². The molecule has 1 amide bonds. The number of carbonyl (C=O) groups is 1. The molecule has 1 fully saturated rings. The average Bonchev–Trinajstić information content (AvgIpc) is 2.74. The van der Waals surface area contributed by atoms with Gasteiger partial charge in [0.15, 0.2) is 0 Å². The lowest BCUT2D eigenvalue weighted by molar-refractivity contribution is -0.0971. The molecule has 1 aliphatic rings. The van der Waals surface area contributed by atoms with E-state index in [1.807, 2.05) is 20.8 Å². The van der Waals surface area contributed by atoms with Crippen molar-refractivity contribution in [2.45, 2.75) is 32.8 Å². The summed E-state index contributed by atoms with van der Waals surface area (Å²) in [6.45, 7) is 6.99. The summed E-state index contributed by atoms with van der Waals surface area (Å²) >= 11 is 1.42. The molecule has 1 aromatic heterocycles. The lowest BCUT2D eigenvalue weighted by Gasteiger charge is -2.48. The Morgan fingerprint density at radius 3 is 2.76 bits per heavy atom. The van der Waals surface area contributed by atoms with Crippen molar-refractivity contribution < 1.29 is 9.90 Å². The summed E-state index contributed by atoms with van der Waals surface area (Å²) in [7, 11) is 0. The van der Waals surface area contributed by atoms with Crippen molar-refractivity contribution in [2.75, 3.05) is 13.1 Å². The number of likely N-dealkylation sites (tertiary alicyclic amines) is 1. The predicted molar refractivity (Wildman–Crippen MR) is 67.0 cm³/mol. The maximum atomic E-state index is 12.1. The second-order valence-corrected chi connectivity index (χ2v) is 6.23. The van der Waals surface area contributed by atoms with Gasteiger partial charge in [0.2, 0.25) is 0 Å². The first kappa shape index (κ1) is 12.5. The predicted octanol–water partition coefficient (Wildman–Crippen LogP) is 1.77. The number of piperidine rings is 1. The number of hydrogen-bond acceptors (Lipinski definition) is 4. The van der Waals surface area contributed by atoms with E-state index in [-0.39, 0.29) is 11.3 Å². The quantitative estimate of drug-likeness (QED) is 0.831. The normalized spacial score (nSPS) is 28.1. The van der Waals surface area contributed by atoms with E-state index in [1.54, 1.807) is 15.8 Å². The molecule has 1 saturated heterocycles. The zero-order chi connectivity index (χ0) is 12.7. The Balaban J connectivity index is 2.14. The fraction of sp³-hybridized carbons (Fsp3) is 0.667. The second kappa shape index (κ2) is 4.07. The van der Waals surface area contributed by atoms with Crippen molar-refractivity contribution in [2.24, 2.45) is 5.41 Å². The number of carbonyl (C=O) groups excluding carboxylic acids is 1. The van der Waals surface area contributed by atoms with Gasteiger partial charge in [0.05, 0.1) is 11.1 Å². The average molecular weight is 254 g/mol. The molecular weight excluding hydrogens is 236 g/mol. The Labute approximate surface area is 105 Å². The molecule has 0 radical (unpaired) electrons. The summed E-state index contributed by atoms with van der Waals surface area (Å²) in [6.07, 6.45) is 0.607. The summed E-state index contributed by atoms with van der Waals surface area (Å²) in [4.78, 5) is 18.0. The fourth-order valence-corrected chi connectivity index (χ4v) is 2.60. The van der Waals surface area contributed by atoms with E-state index in [2.05, 4.69) is 4.98 Å². The van der Waals surface area contributed by atoms with E-state index in [0.29, 0.717) is 25.2 Å². The number of nitrogens with zero attached hydrogens (tertiary/aromatic N) is 2. The first-order valence-corrected chi connectivity index (χ1v) is 6.68. The van der Waals surface area contributed by atoms with Crippen LogP contribution in [0.15, 0.2) is 10.9 Å². The molecule has 0 saturated carbocycles. The van der Waals surface area contributed by atoms with Crippen molar-refractivity contribution in [1.29, 1.82) is 0 Å². The Morgan fingerprint density at radius 2 is 2.24 bits per heavy atom. The number of aliphatic hydroxyl groups is 1. The first-order chi connectivity index (χ1) is 7.83. The number of aromatic nitrogens is 1. The van der Waals surface area contributed by atoms with Crippen LogP contribution in [0.25, 0.3) is 0 Å². The van der Waals surface area contributed by atoms with Gasteiger partial charge in [-0.3, -0.25) is 4.79 Å². The van der Waals surface area contributed by atoms with Crippen molar-refractivity contribution in [1.82, 2.24) is 9.88 Å². The number of amides is 1. The van der Waals surface area contributed by atoms with Crippen LogP contribution in [0.5, 0.6) is 0 Å². The molecular formula is C12H18N2O2S. The monoisotopic (exact) mass is 254 g/mol. The minimum atomic E-state index is -0.716. The van der Waals surface area contributed by atoms with Crippen molar-refractivity contribution in [3.63, 3.8) is 0 Å². The summed E-state index contributed by atoms with van der Waals surface area (Å²) in [5.41, 5.74) is 1.16. The lowest BCUT2D eigenvalue weighted by Crippen LogP contribution is -2.57. The number of hydrogen-bond donors (Lipinski definition) is 1. The molecule has 4 nitrogen and oxygen atoms in total. The van der Waals surface area contributed by atoms with E-state index in [1.165, 1.54) is 11.3 Å². The van der Waals surface area contributed by atoms with Crippen LogP contribution in [0, 0.1) is 5.41 Å². The number of rotatable bonds is 1. The van der Waals surface area contributed by atoms with Gasteiger partial charge < -0.3 is 10.0 Å². The molecule has 0 bridgehead atoms. The van der Waals surface area contributed by atoms with Crippen LogP contribution < -0.4 is 0 Å². The van der Waals surface area contributed by atoms with E-state index in [4.69, 9.17) is 0 Å². The van der Waals surface area contributed by atoms with E-state index < -0.39 is 5.60 Å². The summed E-state index contributed by atoms with van der Waals surface area (Å²) in [5.74, 6) is -0.0326. The molecule has 0 spiro atoms. The Hall–Kier alpha value is -0.940. The van der Waals surface area contributed by atoms with Crippen molar-refractivity contribution in [3.8, 4) is 0 Å². The molecule has 2 rings (SSSR count). The van der Waals surface area contributed by atoms with Crippen LogP contribution in [-0.4, -0.2) is 39.6 Å². The van der Waals surface area contributed by atoms with Crippen LogP contribution in [0.2, 0.25) is 0 Å². The topological polar surface area (TPSA) is 53.4 Å².